The number of rotatable bonds is 5. The predicted octanol–water partition coefficient (Wildman–Crippen LogP) is 1.60. The standard InChI is InChI=1S/C14H22N2O3S/c1-16(13-8-3-4-9-14(13)19-2)20(17,18)11-12-7-5-6-10-15-12/h3-4,8-9,12,15H,5-7,10-11H2,1-2H3. The molecule has 0 aliphatic carbocycles. The van der Waals surface area contributed by atoms with Gasteiger partial charge in [0.1, 0.15) is 5.75 Å². The minimum Gasteiger partial charge on any atom is -0.495 e. The van der Waals surface area contributed by atoms with Crippen LogP contribution in [0, 0.1) is 0 Å². The van der Waals surface area contributed by atoms with Gasteiger partial charge in [0.15, 0.2) is 0 Å². The number of benzene rings is 1. The normalized spacial score (nSPS) is 19.6. The van der Waals surface area contributed by atoms with Crippen molar-refractivity contribution in [2.45, 2.75) is 25.3 Å². The molecule has 1 aromatic carbocycles. The van der Waals surface area contributed by atoms with E-state index in [-0.39, 0.29) is 11.8 Å². The maximum absolute atomic E-state index is 12.5. The molecule has 1 saturated heterocycles. The lowest BCUT2D eigenvalue weighted by atomic mass is 10.1. The Bertz CT molecular complexity index is 539. The van der Waals surface area contributed by atoms with E-state index in [2.05, 4.69) is 5.32 Å². The molecular weight excluding hydrogens is 276 g/mol. The average molecular weight is 298 g/mol. The molecular formula is C14H22N2O3S. The quantitative estimate of drug-likeness (QED) is 0.897. The van der Waals surface area contributed by atoms with Crippen molar-refractivity contribution >= 4 is 15.7 Å². The van der Waals surface area contributed by atoms with Gasteiger partial charge in [-0.05, 0) is 31.5 Å². The smallest absolute Gasteiger partial charge is 0.236 e. The number of anilines is 1. The summed E-state index contributed by atoms with van der Waals surface area (Å²) in [5, 5.41) is 3.27. The fraction of sp³-hybridized carbons (Fsp3) is 0.571. The number of nitrogens with one attached hydrogen (secondary N) is 1. The first-order valence-electron chi connectivity index (χ1n) is 6.87. The zero-order chi connectivity index (χ0) is 14.6. The van der Waals surface area contributed by atoms with Gasteiger partial charge < -0.3 is 10.1 Å². The van der Waals surface area contributed by atoms with Gasteiger partial charge in [0.2, 0.25) is 10.0 Å². The van der Waals surface area contributed by atoms with E-state index in [1.807, 2.05) is 12.1 Å². The van der Waals surface area contributed by atoms with Crippen molar-refractivity contribution in [2.24, 2.45) is 0 Å². The maximum Gasteiger partial charge on any atom is 0.236 e. The highest BCUT2D eigenvalue weighted by atomic mass is 32.2. The predicted molar refractivity (Wildman–Crippen MR) is 80.8 cm³/mol. The highest BCUT2D eigenvalue weighted by molar-refractivity contribution is 7.92. The SMILES string of the molecule is COc1ccccc1N(C)S(=O)(=O)CC1CCCCN1. The second-order valence-corrected chi connectivity index (χ2v) is 7.11. The van der Waals surface area contributed by atoms with Gasteiger partial charge in [-0.25, -0.2) is 8.42 Å². The van der Waals surface area contributed by atoms with Crippen LogP contribution >= 0.6 is 0 Å². The van der Waals surface area contributed by atoms with Crippen molar-refractivity contribution in [1.82, 2.24) is 5.32 Å². The van der Waals surface area contributed by atoms with E-state index in [1.54, 1.807) is 26.3 Å². The van der Waals surface area contributed by atoms with Gasteiger partial charge in [-0.15, -0.1) is 0 Å². The number of hydrogen-bond acceptors (Lipinski definition) is 4. The third-order valence-electron chi connectivity index (χ3n) is 3.67. The van der Waals surface area contributed by atoms with Crippen LogP contribution in [0.2, 0.25) is 0 Å². The minimum absolute atomic E-state index is 0.0471. The summed E-state index contributed by atoms with van der Waals surface area (Å²) >= 11 is 0. The van der Waals surface area contributed by atoms with Crippen LogP contribution in [0.1, 0.15) is 19.3 Å². The third kappa shape index (κ3) is 3.43. The summed E-state index contributed by atoms with van der Waals surface area (Å²) in [5.74, 6) is 0.692. The molecule has 0 bridgehead atoms. The second kappa shape index (κ2) is 6.45. The van der Waals surface area contributed by atoms with E-state index in [0.29, 0.717) is 11.4 Å². The molecule has 0 aromatic heterocycles. The van der Waals surface area contributed by atoms with Crippen LogP contribution < -0.4 is 14.4 Å². The van der Waals surface area contributed by atoms with E-state index >= 15 is 0 Å². The molecule has 0 radical (unpaired) electrons. The molecule has 1 N–H and O–H groups in total. The van der Waals surface area contributed by atoms with Crippen molar-refractivity contribution in [3.8, 4) is 5.75 Å². The fourth-order valence-electron chi connectivity index (χ4n) is 2.47. The number of ether oxygens (including phenoxy) is 1. The Labute approximate surface area is 121 Å². The van der Waals surface area contributed by atoms with Crippen LogP contribution in [0.4, 0.5) is 5.69 Å². The van der Waals surface area contributed by atoms with E-state index in [4.69, 9.17) is 4.74 Å². The van der Waals surface area contributed by atoms with Crippen molar-refractivity contribution in [3.63, 3.8) is 0 Å². The summed E-state index contributed by atoms with van der Waals surface area (Å²) in [7, 11) is -0.232. The van der Waals surface area contributed by atoms with Crippen LogP contribution in [0.5, 0.6) is 5.75 Å². The lowest BCUT2D eigenvalue weighted by Crippen LogP contribution is -2.43. The zero-order valence-corrected chi connectivity index (χ0v) is 12.8. The van der Waals surface area contributed by atoms with Gasteiger partial charge in [0.05, 0.1) is 18.6 Å². The Morgan fingerprint density at radius 3 is 2.75 bits per heavy atom. The molecule has 1 atom stereocenters. The third-order valence-corrected chi connectivity index (χ3v) is 5.52. The first-order chi connectivity index (χ1) is 9.54. The number of para-hydroxylation sites is 2. The Morgan fingerprint density at radius 1 is 1.35 bits per heavy atom. The van der Waals surface area contributed by atoms with Crippen LogP contribution in [0.15, 0.2) is 24.3 Å². The first kappa shape index (κ1) is 15.1. The molecule has 1 aliphatic rings. The number of sulfonamides is 1. The van der Waals surface area contributed by atoms with Crippen LogP contribution in [0.25, 0.3) is 0 Å². The summed E-state index contributed by atoms with van der Waals surface area (Å²) in [4.78, 5) is 0. The lowest BCUT2D eigenvalue weighted by Gasteiger charge is -2.27. The van der Waals surface area contributed by atoms with Crippen LogP contribution in [-0.2, 0) is 10.0 Å². The summed E-state index contributed by atoms with van der Waals surface area (Å²) in [6.07, 6.45) is 3.13. The summed E-state index contributed by atoms with van der Waals surface area (Å²) in [6, 6.07) is 7.20. The van der Waals surface area contributed by atoms with E-state index in [9.17, 15) is 8.42 Å². The maximum atomic E-state index is 12.5. The van der Waals surface area contributed by atoms with Crippen LogP contribution in [-0.4, -0.2) is 40.9 Å². The summed E-state index contributed by atoms with van der Waals surface area (Å²) < 4.78 is 31.5. The summed E-state index contributed by atoms with van der Waals surface area (Å²) in [5.41, 5.74) is 0.575. The number of methoxy groups -OCH3 is 1. The monoisotopic (exact) mass is 298 g/mol. The fourth-order valence-corrected chi connectivity index (χ4v) is 3.94. The van der Waals surface area contributed by atoms with E-state index in [0.717, 1.165) is 25.8 Å². The largest absolute Gasteiger partial charge is 0.495 e. The van der Waals surface area contributed by atoms with Gasteiger partial charge in [0, 0.05) is 13.1 Å². The average Bonchev–Trinajstić information content (AvgIpc) is 2.47. The molecule has 1 aromatic rings. The molecule has 6 heteroatoms. The van der Waals surface area contributed by atoms with E-state index < -0.39 is 10.0 Å². The molecule has 1 aliphatic heterocycles. The number of piperidine rings is 1. The van der Waals surface area contributed by atoms with Crippen molar-refractivity contribution in [2.75, 3.05) is 30.8 Å². The van der Waals surface area contributed by atoms with Crippen molar-refractivity contribution < 1.29 is 13.2 Å². The minimum atomic E-state index is -3.35. The van der Waals surface area contributed by atoms with Gasteiger partial charge in [-0.1, -0.05) is 18.6 Å². The number of nitrogens with zero attached hydrogens (tertiary/aromatic N) is 1. The molecule has 1 unspecified atom stereocenters. The van der Waals surface area contributed by atoms with Crippen molar-refractivity contribution in [1.29, 1.82) is 0 Å². The summed E-state index contributed by atoms with van der Waals surface area (Å²) in [6.45, 7) is 0.901. The molecule has 5 nitrogen and oxygen atoms in total. The highest BCUT2D eigenvalue weighted by Crippen LogP contribution is 2.29. The second-order valence-electron chi connectivity index (χ2n) is 5.06. The molecule has 20 heavy (non-hydrogen) atoms. The van der Waals surface area contributed by atoms with Gasteiger partial charge >= 0.3 is 0 Å². The topological polar surface area (TPSA) is 58.6 Å². The Balaban J connectivity index is 2.15. The van der Waals surface area contributed by atoms with Gasteiger partial charge in [0.25, 0.3) is 0 Å². The molecule has 0 spiro atoms. The van der Waals surface area contributed by atoms with E-state index in [1.165, 1.54) is 4.31 Å². The molecule has 112 valence electrons. The Morgan fingerprint density at radius 2 is 2.10 bits per heavy atom. The molecule has 1 fully saturated rings. The van der Waals surface area contributed by atoms with Crippen molar-refractivity contribution in [3.05, 3.63) is 24.3 Å². The first-order valence-corrected chi connectivity index (χ1v) is 8.48. The molecule has 2 rings (SSSR count). The van der Waals surface area contributed by atoms with Gasteiger partial charge in [-0.3, -0.25) is 4.31 Å². The lowest BCUT2D eigenvalue weighted by molar-refractivity contribution is 0.415. The Hall–Kier alpha value is -1.27. The van der Waals surface area contributed by atoms with Crippen LogP contribution in [0.3, 0.4) is 0 Å². The molecule has 0 saturated carbocycles. The Kier molecular flexibility index (Phi) is 4.88. The molecule has 0 amide bonds. The number of hydrogen-bond donors (Lipinski definition) is 1. The zero-order valence-electron chi connectivity index (χ0n) is 12.0. The molecule has 1 heterocycles. The van der Waals surface area contributed by atoms with Gasteiger partial charge in [-0.2, -0.15) is 0 Å². The highest BCUT2D eigenvalue weighted by Gasteiger charge is 2.26.